The van der Waals surface area contributed by atoms with E-state index in [1.54, 1.807) is 6.07 Å². The Morgan fingerprint density at radius 3 is 3.05 bits per heavy atom. The molecule has 1 aromatic heterocycles. The van der Waals surface area contributed by atoms with E-state index >= 15 is 0 Å². The zero-order valence-corrected chi connectivity index (χ0v) is 12.7. The largest absolute Gasteiger partial charge is 0.492 e. The number of rotatable bonds is 3. The zero-order valence-electron chi connectivity index (χ0n) is 10.4. The van der Waals surface area contributed by atoms with Gasteiger partial charge in [-0.2, -0.15) is 0 Å². The SMILES string of the molecule is O=c1[nH]c(CNC2CCOc3c(Cl)cc(Cl)cc32)cs1. The summed E-state index contributed by atoms with van der Waals surface area (Å²) in [6, 6.07) is 3.66. The molecule has 0 saturated heterocycles. The average Bonchev–Trinajstić information content (AvgIpc) is 2.82. The second kappa shape index (κ2) is 5.77. The lowest BCUT2D eigenvalue weighted by Crippen LogP contribution is -2.27. The van der Waals surface area contributed by atoms with Crippen LogP contribution < -0.4 is 14.9 Å². The van der Waals surface area contributed by atoms with Crippen LogP contribution in [0, 0.1) is 0 Å². The minimum absolute atomic E-state index is 0.0414. The third-order valence-electron chi connectivity index (χ3n) is 3.18. The van der Waals surface area contributed by atoms with Crippen molar-refractivity contribution < 1.29 is 4.74 Å². The highest BCUT2D eigenvalue weighted by Crippen LogP contribution is 2.39. The van der Waals surface area contributed by atoms with Gasteiger partial charge < -0.3 is 15.0 Å². The normalized spacial score (nSPS) is 17.6. The van der Waals surface area contributed by atoms with E-state index in [0.29, 0.717) is 28.9 Å². The van der Waals surface area contributed by atoms with E-state index in [0.717, 1.165) is 29.0 Å². The van der Waals surface area contributed by atoms with Crippen LogP contribution in [0.1, 0.15) is 23.7 Å². The maximum Gasteiger partial charge on any atom is 0.304 e. The highest BCUT2D eigenvalue weighted by Gasteiger charge is 2.24. The molecule has 2 aromatic rings. The van der Waals surface area contributed by atoms with Crippen molar-refractivity contribution in [2.24, 2.45) is 0 Å². The molecule has 1 atom stereocenters. The zero-order chi connectivity index (χ0) is 14.1. The number of ether oxygens (including phenoxy) is 1. The van der Waals surface area contributed by atoms with Crippen molar-refractivity contribution in [1.82, 2.24) is 10.3 Å². The number of hydrogen-bond acceptors (Lipinski definition) is 4. The van der Waals surface area contributed by atoms with Gasteiger partial charge in [0, 0.05) is 40.7 Å². The molecule has 1 aliphatic heterocycles. The quantitative estimate of drug-likeness (QED) is 0.907. The first-order valence-corrected chi connectivity index (χ1v) is 7.79. The summed E-state index contributed by atoms with van der Waals surface area (Å²) in [4.78, 5) is 13.8. The van der Waals surface area contributed by atoms with Gasteiger partial charge in [0.1, 0.15) is 5.75 Å². The van der Waals surface area contributed by atoms with E-state index < -0.39 is 0 Å². The van der Waals surface area contributed by atoms with Gasteiger partial charge in [0.05, 0.1) is 11.6 Å². The van der Waals surface area contributed by atoms with Crippen molar-refractivity contribution in [3.8, 4) is 5.75 Å². The Morgan fingerprint density at radius 2 is 2.30 bits per heavy atom. The number of nitrogens with one attached hydrogen (secondary N) is 2. The van der Waals surface area contributed by atoms with Gasteiger partial charge in [-0.25, -0.2) is 0 Å². The van der Waals surface area contributed by atoms with Crippen molar-refractivity contribution in [1.29, 1.82) is 0 Å². The van der Waals surface area contributed by atoms with Gasteiger partial charge in [0.15, 0.2) is 0 Å². The summed E-state index contributed by atoms with van der Waals surface area (Å²) in [7, 11) is 0. The summed E-state index contributed by atoms with van der Waals surface area (Å²) < 4.78 is 5.61. The first-order valence-electron chi connectivity index (χ1n) is 6.15. The predicted molar refractivity (Wildman–Crippen MR) is 81.1 cm³/mol. The van der Waals surface area contributed by atoms with Crippen LogP contribution >= 0.6 is 34.5 Å². The first kappa shape index (κ1) is 13.9. The monoisotopic (exact) mass is 330 g/mol. The van der Waals surface area contributed by atoms with Gasteiger partial charge in [-0.3, -0.25) is 4.79 Å². The van der Waals surface area contributed by atoms with Crippen molar-refractivity contribution >= 4 is 34.5 Å². The average molecular weight is 331 g/mol. The number of halogens is 2. The Hall–Kier alpha value is -1.01. The lowest BCUT2D eigenvalue weighted by Gasteiger charge is -2.27. The smallest absolute Gasteiger partial charge is 0.304 e. The minimum Gasteiger partial charge on any atom is -0.492 e. The Morgan fingerprint density at radius 1 is 1.45 bits per heavy atom. The molecule has 20 heavy (non-hydrogen) atoms. The van der Waals surface area contributed by atoms with Crippen molar-refractivity contribution in [3.05, 3.63) is 48.5 Å². The standard InChI is InChI=1S/C13H12Cl2N2O2S/c14-7-3-9-11(1-2-19-12(9)10(15)4-7)16-5-8-6-20-13(18)17-8/h3-4,6,11,16H,1-2,5H2,(H,17,18). The van der Waals surface area contributed by atoms with Crippen LogP contribution in [0.5, 0.6) is 5.75 Å². The lowest BCUT2D eigenvalue weighted by atomic mass is 10.0. The molecule has 0 amide bonds. The molecule has 0 radical (unpaired) electrons. The molecule has 3 rings (SSSR count). The van der Waals surface area contributed by atoms with Crippen LogP contribution in [0.15, 0.2) is 22.3 Å². The van der Waals surface area contributed by atoms with Crippen LogP contribution in [0.4, 0.5) is 0 Å². The van der Waals surface area contributed by atoms with Crippen LogP contribution in [0.3, 0.4) is 0 Å². The number of benzene rings is 1. The van der Waals surface area contributed by atoms with Gasteiger partial charge in [-0.1, -0.05) is 34.5 Å². The Labute approximate surface area is 129 Å². The number of fused-ring (bicyclic) bond motifs is 1. The second-order valence-corrected chi connectivity index (χ2v) is 6.24. The molecule has 106 valence electrons. The van der Waals surface area contributed by atoms with E-state index in [1.807, 2.05) is 11.4 Å². The first-order chi connectivity index (χ1) is 9.63. The van der Waals surface area contributed by atoms with Crippen LogP contribution in [0.25, 0.3) is 0 Å². The molecule has 0 saturated carbocycles. The molecule has 1 aromatic carbocycles. The fourth-order valence-electron chi connectivity index (χ4n) is 2.27. The van der Waals surface area contributed by atoms with E-state index in [1.165, 1.54) is 0 Å². The Balaban J connectivity index is 1.81. The molecular formula is C13H12Cl2N2O2S. The number of thiazole rings is 1. The van der Waals surface area contributed by atoms with E-state index in [9.17, 15) is 4.79 Å². The molecule has 7 heteroatoms. The van der Waals surface area contributed by atoms with E-state index in [-0.39, 0.29) is 10.9 Å². The summed E-state index contributed by atoms with van der Waals surface area (Å²) in [5.41, 5.74) is 1.84. The molecular weight excluding hydrogens is 319 g/mol. The van der Waals surface area contributed by atoms with Crippen LogP contribution in [-0.4, -0.2) is 11.6 Å². The summed E-state index contributed by atoms with van der Waals surface area (Å²) in [5, 5.41) is 6.34. The highest BCUT2D eigenvalue weighted by molar-refractivity contribution is 7.07. The van der Waals surface area contributed by atoms with E-state index in [2.05, 4.69) is 10.3 Å². The molecule has 0 aliphatic carbocycles. The minimum atomic E-state index is -0.0414. The number of hydrogen-bond donors (Lipinski definition) is 2. The Kier molecular flexibility index (Phi) is 4.03. The fraction of sp³-hybridized carbons (Fsp3) is 0.308. The molecule has 4 nitrogen and oxygen atoms in total. The van der Waals surface area contributed by atoms with Crippen LogP contribution in [0.2, 0.25) is 10.0 Å². The maximum absolute atomic E-state index is 11.1. The molecule has 1 unspecified atom stereocenters. The van der Waals surface area contributed by atoms with Crippen LogP contribution in [-0.2, 0) is 6.54 Å². The Bertz CT molecular complexity index is 683. The topological polar surface area (TPSA) is 54.1 Å². The molecule has 2 N–H and O–H groups in total. The predicted octanol–water partition coefficient (Wildman–Crippen LogP) is 3.36. The summed E-state index contributed by atoms with van der Waals surface area (Å²) >= 11 is 13.4. The number of aromatic nitrogens is 1. The third kappa shape index (κ3) is 2.86. The maximum atomic E-state index is 11.1. The van der Waals surface area contributed by atoms with Gasteiger partial charge >= 0.3 is 4.87 Å². The number of H-pyrrole nitrogens is 1. The fourth-order valence-corrected chi connectivity index (χ4v) is 3.42. The van der Waals surface area contributed by atoms with Crippen molar-refractivity contribution in [2.75, 3.05) is 6.61 Å². The molecule has 2 heterocycles. The van der Waals surface area contributed by atoms with Gasteiger partial charge in [0.2, 0.25) is 0 Å². The molecule has 0 bridgehead atoms. The summed E-state index contributed by atoms with van der Waals surface area (Å²) in [6.07, 6.45) is 0.831. The van der Waals surface area contributed by atoms with Gasteiger partial charge in [-0.15, -0.1) is 0 Å². The summed E-state index contributed by atoms with van der Waals surface area (Å²) in [5.74, 6) is 0.693. The lowest BCUT2D eigenvalue weighted by molar-refractivity contribution is 0.252. The highest BCUT2D eigenvalue weighted by atomic mass is 35.5. The van der Waals surface area contributed by atoms with Gasteiger partial charge in [0.25, 0.3) is 0 Å². The molecule has 1 aliphatic rings. The molecule has 0 fully saturated rings. The van der Waals surface area contributed by atoms with Gasteiger partial charge in [-0.05, 0) is 12.1 Å². The van der Waals surface area contributed by atoms with Crippen molar-refractivity contribution in [2.45, 2.75) is 19.0 Å². The number of aromatic amines is 1. The van der Waals surface area contributed by atoms with E-state index in [4.69, 9.17) is 27.9 Å². The summed E-state index contributed by atoms with van der Waals surface area (Å²) in [6.45, 7) is 1.19. The second-order valence-electron chi connectivity index (χ2n) is 4.55. The third-order valence-corrected chi connectivity index (χ3v) is 4.39. The van der Waals surface area contributed by atoms with Crippen molar-refractivity contribution in [3.63, 3.8) is 0 Å². The molecule has 0 spiro atoms.